The second-order valence-corrected chi connectivity index (χ2v) is 3.96. The van der Waals surface area contributed by atoms with Gasteiger partial charge in [-0.2, -0.15) is 0 Å². The predicted octanol–water partition coefficient (Wildman–Crippen LogP) is 4.14. The van der Waals surface area contributed by atoms with Gasteiger partial charge in [0.15, 0.2) is 0 Å². The molecule has 2 aromatic rings. The first-order valence-electron chi connectivity index (χ1n) is 5.30. The highest BCUT2D eigenvalue weighted by Gasteiger charge is 1.98. The lowest BCUT2D eigenvalue weighted by Crippen LogP contribution is -1.95. The summed E-state index contributed by atoms with van der Waals surface area (Å²) in [6.07, 6.45) is 0. The third-order valence-corrected chi connectivity index (χ3v) is 2.68. The second-order valence-electron chi connectivity index (χ2n) is 3.70. The van der Waals surface area contributed by atoms with E-state index in [0.717, 1.165) is 16.9 Å². The molecule has 0 amide bonds. The van der Waals surface area contributed by atoms with Gasteiger partial charge in [-0.1, -0.05) is 24.3 Å². The fourth-order valence-electron chi connectivity index (χ4n) is 1.47. The average molecular weight is 251 g/mol. The summed E-state index contributed by atoms with van der Waals surface area (Å²) in [6.45, 7) is 0.423. The van der Waals surface area contributed by atoms with Gasteiger partial charge in [0.2, 0.25) is 0 Å². The molecule has 2 aromatic carbocycles. The Balaban J connectivity index is 1.99. The molecule has 0 aromatic heterocycles. The van der Waals surface area contributed by atoms with Gasteiger partial charge >= 0.3 is 0 Å². The highest BCUT2D eigenvalue weighted by Crippen LogP contribution is 2.16. The Kier molecular flexibility index (Phi) is 3.99. The molecule has 0 heterocycles. The fourth-order valence-corrected chi connectivity index (χ4v) is 1.63. The zero-order valence-electron chi connectivity index (χ0n) is 9.20. The lowest BCUT2D eigenvalue weighted by molar-refractivity contribution is 0.306. The van der Waals surface area contributed by atoms with Crippen LogP contribution in [0.1, 0.15) is 11.1 Å². The van der Waals surface area contributed by atoms with Gasteiger partial charge in [-0.25, -0.2) is 4.39 Å². The van der Waals surface area contributed by atoms with Crippen molar-refractivity contribution in [3.63, 3.8) is 0 Å². The molecule has 0 bridgehead atoms. The molecule has 0 unspecified atom stereocenters. The normalized spacial score (nSPS) is 10.2. The molecule has 1 nitrogen and oxygen atoms in total. The van der Waals surface area contributed by atoms with Gasteiger partial charge in [0.05, 0.1) is 0 Å². The highest BCUT2D eigenvalue weighted by atomic mass is 35.5. The molecule has 88 valence electrons. The van der Waals surface area contributed by atoms with E-state index in [9.17, 15) is 4.39 Å². The van der Waals surface area contributed by atoms with Crippen molar-refractivity contribution in [1.82, 2.24) is 0 Å². The van der Waals surface area contributed by atoms with Crippen molar-refractivity contribution in [2.45, 2.75) is 12.5 Å². The van der Waals surface area contributed by atoms with Gasteiger partial charge in [-0.15, -0.1) is 11.6 Å². The third kappa shape index (κ3) is 3.46. The summed E-state index contributed by atoms with van der Waals surface area (Å²) in [5, 5.41) is 0. The monoisotopic (exact) mass is 250 g/mol. The smallest absolute Gasteiger partial charge is 0.123 e. The summed E-state index contributed by atoms with van der Waals surface area (Å²) < 4.78 is 18.3. The van der Waals surface area contributed by atoms with Gasteiger partial charge < -0.3 is 4.74 Å². The summed E-state index contributed by atoms with van der Waals surface area (Å²) in [7, 11) is 0. The van der Waals surface area contributed by atoms with Crippen molar-refractivity contribution in [2.75, 3.05) is 0 Å². The topological polar surface area (TPSA) is 9.23 Å². The van der Waals surface area contributed by atoms with Crippen LogP contribution >= 0.6 is 11.6 Å². The van der Waals surface area contributed by atoms with Crippen molar-refractivity contribution >= 4 is 11.6 Å². The van der Waals surface area contributed by atoms with Crippen LogP contribution in [0.25, 0.3) is 0 Å². The van der Waals surface area contributed by atoms with Crippen LogP contribution in [0.15, 0.2) is 48.5 Å². The molecule has 0 fully saturated rings. The molecular weight excluding hydrogens is 239 g/mol. The highest BCUT2D eigenvalue weighted by molar-refractivity contribution is 6.17. The van der Waals surface area contributed by atoms with Crippen LogP contribution in [0.5, 0.6) is 5.75 Å². The molecule has 0 aliphatic carbocycles. The number of benzene rings is 2. The number of alkyl halides is 1. The molecule has 0 spiro atoms. The van der Waals surface area contributed by atoms with E-state index in [-0.39, 0.29) is 5.82 Å². The third-order valence-electron chi connectivity index (χ3n) is 2.37. The maximum atomic E-state index is 12.7. The van der Waals surface area contributed by atoms with E-state index in [2.05, 4.69) is 0 Å². The molecular formula is C14H12ClFO. The van der Waals surface area contributed by atoms with Crippen LogP contribution in [0, 0.1) is 5.82 Å². The zero-order valence-corrected chi connectivity index (χ0v) is 9.95. The van der Waals surface area contributed by atoms with E-state index < -0.39 is 0 Å². The quantitative estimate of drug-likeness (QED) is 0.741. The largest absolute Gasteiger partial charge is 0.489 e. The van der Waals surface area contributed by atoms with Crippen molar-refractivity contribution in [1.29, 1.82) is 0 Å². The van der Waals surface area contributed by atoms with E-state index in [4.69, 9.17) is 16.3 Å². The first-order chi connectivity index (χ1) is 8.28. The Morgan fingerprint density at radius 1 is 1.00 bits per heavy atom. The SMILES string of the molecule is Fc1ccc(COc2cccc(CCl)c2)cc1. The lowest BCUT2D eigenvalue weighted by atomic mass is 10.2. The van der Waals surface area contributed by atoms with Gasteiger partial charge in [0.25, 0.3) is 0 Å². The van der Waals surface area contributed by atoms with Crippen molar-refractivity contribution in [3.8, 4) is 5.75 Å². The number of hydrogen-bond donors (Lipinski definition) is 0. The molecule has 2 rings (SSSR count). The first kappa shape index (κ1) is 11.9. The van der Waals surface area contributed by atoms with Crippen molar-refractivity contribution in [3.05, 3.63) is 65.5 Å². The van der Waals surface area contributed by atoms with Crippen LogP contribution < -0.4 is 4.74 Å². The molecule has 17 heavy (non-hydrogen) atoms. The van der Waals surface area contributed by atoms with Gasteiger partial charge in [-0.05, 0) is 35.4 Å². The Bertz CT molecular complexity index is 482. The van der Waals surface area contributed by atoms with Crippen LogP contribution in [0.4, 0.5) is 4.39 Å². The number of rotatable bonds is 4. The van der Waals surface area contributed by atoms with Crippen LogP contribution in [0.3, 0.4) is 0 Å². The van der Waals surface area contributed by atoms with Crippen molar-refractivity contribution < 1.29 is 9.13 Å². The predicted molar refractivity (Wildman–Crippen MR) is 66.7 cm³/mol. The minimum Gasteiger partial charge on any atom is -0.489 e. The summed E-state index contributed by atoms with van der Waals surface area (Å²) >= 11 is 5.74. The zero-order chi connectivity index (χ0) is 12.1. The first-order valence-corrected chi connectivity index (χ1v) is 5.83. The maximum Gasteiger partial charge on any atom is 0.123 e. The maximum absolute atomic E-state index is 12.7. The average Bonchev–Trinajstić information content (AvgIpc) is 2.38. The molecule has 0 saturated heterocycles. The Hall–Kier alpha value is -1.54. The molecule has 0 atom stereocenters. The minimum absolute atomic E-state index is 0.238. The minimum atomic E-state index is -0.238. The molecule has 3 heteroatoms. The van der Waals surface area contributed by atoms with Crippen LogP contribution in [-0.4, -0.2) is 0 Å². The van der Waals surface area contributed by atoms with Crippen molar-refractivity contribution in [2.24, 2.45) is 0 Å². The van der Waals surface area contributed by atoms with E-state index in [1.165, 1.54) is 12.1 Å². The Morgan fingerprint density at radius 2 is 1.76 bits per heavy atom. The van der Waals surface area contributed by atoms with E-state index in [0.29, 0.717) is 12.5 Å². The fraction of sp³-hybridized carbons (Fsp3) is 0.143. The molecule has 0 saturated carbocycles. The molecule has 0 radical (unpaired) electrons. The summed E-state index contributed by atoms with van der Waals surface area (Å²) in [5.41, 5.74) is 1.95. The Morgan fingerprint density at radius 3 is 2.47 bits per heavy atom. The number of ether oxygens (including phenoxy) is 1. The molecule has 0 aliphatic rings. The molecule has 0 aliphatic heterocycles. The van der Waals surface area contributed by atoms with E-state index >= 15 is 0 Å². The second kappa shape index (κ2) is 5.69. The summed E-state index contributed by atoms with van der Waals surface area (Å²) in [5.74, 6) is 0.999. The van der Waals surface area contributed by atoms with Crippen LogP contribution in [-0.2, 0) is 12.5 Å². The summed E-state index contributed by atoms with van der Waals surface area (Å²) in [6, 6.07) is 13.9. The lowest BCUT2D eigenvalue weighted by Gasteiger charge is -2.07. The van der Waals surface area contributed by atoms with Gasteiger partial charge in [0.1, 0.15) is 18.2 Å². The standard InChI is InChI=1S/C14H12ClFO/c15-9-12-2-1-3-14(8-12)17-10-11-4-6-13(16)7-5-11/h1-8H,9-10H2. The van der Waals surface area contributed by atoms with Gasteiger partial charge in [0, 0.05) is 5.88 Å². The number of halogens is 2. The molecule has 0 N–H and O–H groups in total. The van der Waals surface area contributed by atoms with Gasteiger partial charge in [-0.3, -0.25) is 0 Å². The van der Waals surface area contributed by atoms with Crippen LogP contribution in [0.2, 0.25) is 0 Å². The van der Waals surface area contributed by atoms with E-state index in [1.807, 2.05) is 24.3 Å². The summed E-state index contributed by atoms with van der Waals surface area (Å²) in [4.78, 5) is 0. The Labute approximate surface area is 105 Å². The van der Waals surface area contributed by atoms with E-state index in [1.54, 1.807) is 12.1 Å². The number of hydrogen-bond acceptors (Lipinski definition) is 1.